The molecule has 122 valence electrons. The minimum Gasteiger partial charge on any atom is -0.480 e. The van der Waals surface area contributed by atoms with Gasteiger partial charge in [0.15, 0.2) is 0 Å². The van der Waals surface area contributed by atoms with Crippen molar-refractivity contribution in [3.8, 4) is 0 Å². The van der Waals surface area contributed by atoms with Crippen molar-refractivity contribution in [2.75, 3.05) is 12.0 Å². The Morgan fingerprint density at radius 2 is 1.76 bits per heavy atom. The van der Waals surface area contributed by atoms with Crippen LogP contribution in [-0.4, -0.2) is 52.6 Å². The maximum absolute atomic E-state index is 11.8. The molecule has 7 nitrogen and oxygen atoms in total. The van der Waals surface area contributed by atoms with Crippen molar-refractivity contribution in [2.24, 2.45) is 0 Å². The molecule has 3 amide bonds. The third-order valence-corrected chi connectivity index (χ3v) is 3.10. The number of rotatable bonds is 7. The molecule has 2 unspecified atom stereocenters. The molecule has 0 radical (unpaired) electrons. The summed E-state index contributed by atoms with van der Waals surface area (Å²) in [6.45, 7) is 7.04. The fourth-order valence-electron chi connectivity index (χ4n) is 1.43. The monoisotopic (exact) mass is 319 g/mol. The number of thioether (sulfide) groups is 1. The van der Waals surface area contributed by atoms with Crippen LogP contribution >= 0.6 is 11.8 Å². The van der Waals surface area contributed by atoms with Crippen LogP contribution in [0.5, 0.6) is 0 Å². The largest absolute Gasteiger partial charge is 0.480 e. The predicted molar refractivity (Wildman–Crippen MR) is 83.4 cm³/mol. The summed E-state index contributed by atoms with van der Waals surface area (Å²) in [5.41, 5.74) is -0.397. The van der Waals surface area contributed by atoms with Crippen LogP contribution in [0.25, 0.3) is 0 Å². The van der Waals surface area contributed by atoms with E-state index >= 15 is 0 Å². The molecule has 0 bridgehead atoms. The highest BCUT2D eigenvalue weighted by molar-refractivity contribution is 7.98. The zero-order valence-electron chi connectivity index (χ0n) is 13.1. The summed E-state index contributed by atoms with van der Waals surface area (Å²) in [7, 11) is 0. The molecule has 0 fully saturated rings. The van der Waals surface area contributed by atoms with Crippen molar-refractivity contribution in [3.05, 3.63) is 0 Å². The standard InChI is InChI=1S/C13H25N3O4S/c1-8(10(17)16-13(2,3)4)14-12(20)15-9(11(18)19)6-7-21-5/h8-9H,6-7H2,1-5H3,(H,16,17)(H,18,19)(H2,14,15,20). The predicted octanol–water partition coefficient (Wildman–Crippen LogP) is 0.795. The molecular weight excluding hydrogens is 294 g/mol. The third kappa shape index (κ3) is 9.17. The number of carboxylic acid groups (broad SMARTS) is 1. The second-order valence-electron chi connectivity index (χ2n) is 5.75. The van der Waals surface area contributed by atoms with E-state index in [9.17, 15) is 14.4 Å². The first-order valence-corrected chi connectivity index (χ1v) is 8.07. The Balaban J connectivity index is 4.39. The minimum absolute atomic E-state index is 0.325. The lowest BCUT2D eigenvalue weighted by Gasteiger charge is -2.24. The highest BCUT2D eigenvalue weighted by Crippen LogP contribution is 2.02. The fraction of sp³-hybridized carbons (Fsp3) is 0.769. The number of carboxylic acids is 1. The molecule has 0 aliphatic rings. The number of carbonyl (C=O) groups excluding carboxylic acids is 2. The SMILES string of the molecule is CSCCC(NC(=O)NC(C)C(=O)NC(C)(C)C)C(=O)O. The second kappa shape index (κ2) is 8.76. The van der Waals surface area contributed by atoms with Crippen molar-refractivity contribution >= 4 is 29.7 Å². The molecule has 0 heterocycles. The molecule has 21 heavy (non-hydrogen) atoms. The van der Waals surface area contributed by atoms with Gasteiger partial charge in [0.1, 0.15) is 12.1 Å². The van der Waals surface area contributed by atoms with Crippen LogP contribution in [0.4, 0.5) is 4.79 Å². The van der Waals surface area contributed by atoms with Crippen LogP contribution in [0.2, 0.25) is 0 Å². The van der Waals surface area contributed by atoms with Crippen molar-refractivity contribution in [2.45, 2.75) is 51.7 Å². The molecule has 2 atom stereocenters. The van der Waals surface area contributed by atoms with Gasteiger partial charge in [-0.3, -0.25) is 4.79 Å². The van der Waals surface area contributed by atoms with Gasteiger partial charge in [-0.05, 0) is 46.1 Å². The number of nitrogens with one attached hydrogen (secondary N) is 3. The summed E-state index contributed by atoms with van der Waals surface area (Å²) in [6.07, 6.45) is 2.18. The van der Waals surface area contributed by atoms with Gasteiger partial charge in [-0.1, -0.05) is 0 Å². The maximum Gasteiger partial charge on any atom is 0.326 e. The summed E-state index contributed by atoms with van der Waals surface area (Å²) >= 11 is 1.50. The average Bonchev–Trinajstić information content (AvgIpc) is 2.31. The van der Waals surface area contributed by atoms with Crippen LogP contribution in [0, 0.1) is 0 Å². The van der Waals surface area contributed by atoms with Crippen LogP contribution in [0.3, 0.4) is 0 Å². The van der Waals surface area contributed by atoms with Crippen molar-refractivity contribution in [1.29, 1.82) is 0 Å². The first kappa shape index (κ1) is 19.6. The number of amides is 3. The van der Waals surface area contributed by atoms with E-state index in [2.05, 4.69) is 16.0 Å². The van der Waals surface area contributed by atoms with Crippen LogP contribution in [0.15, 0.2) is 0 Å². The van der Waals surface area contributed by atoms with Crippen molar-refractivity contribution < 1.29 is 19.5 Å². The number of hydrogen-bond donors (Lipinski definition) is 4. The topological polar surface area (TPSA) is 108 Å². The highest BCUT2D eigenvalue weighted by Gasteiger charge is 2.23. The van der Waals surface area contributed by atoms with Gasteiger partial charge in [0, 0.05) is 5.54 Å². The van der Waals surface area contributed by atoms with Gasteiger partial charge in [-0.25, -0.2) is 9.59 Å². The number of hydrogen-bond acceptors (Lipinski definition) is 4. The zero-order chi connectivity index (χ0) is 16.6. The van der Waals surface area contributed by atoms with Gasteiger partial charge in [0.05, 0.1) is 0 Å². The lowest BCUT2D eigenvalue weighted by molar-refractivity contribution is -0.139. The Kier molecular flexibility index (Phi) is 8.16. The lowest BCUT2D eigenvalue weighted by Crippen LogP contribution is -2.54. The first-order valence-electron chi connectivity index (χ1n) is 6.67. The summed E-state index contributed by atoms with van der Waals surface area (Å²) in [5.74, 6) is -0.795. The van der Waals surface area contributed by atoms with E-state index < -0.39 is 29.6 Å². The normalized spacial score (nSPS) is 14.0. The zero-order valence-corrected chi connectivity index (χ0v) is 14.0. The Morgan fingerprint density at radius 3 is 2.19 bits per heavy atom. The van der Waals surface area contributed by atoms with Gasteiger partial charge in [0.25, 0.3) is 0 Å². The smallest absolute Gasteiger partial charge is 0.326 e. The molecule has 0 rings (SSSR count). The molecule has 0 saturated heterocycles. The van der Waals surface area contributed by atoms with Crippen molar-refractivity contribution in [3.63, 3.8) is 0 Å². The Hall–Kier alpha value is -1.44. The molecule has 0 aliphatic heterocycles. The van der Waals surface area contributed by atoms with E-state index in [1.807, 2.05) is 27.0 Å². The van der Waals surface area contributed by atoms with Gasteiger partial charge in [-0.2, -0.15) is 11.8 Å². The number of aliphatic carboxylic acids is 1. The second-order valence-corrected chi connectivity index (χ2v) is 6.74. The molecule has 0 aromatic heterocycles. The van der Waals surface area contributed by atoms with E-state index in [0.717, 1.165) is 0 Å². The Morgan fingerprint density at radius 1 is 1.19 bits per heavy atom. The minimum atomic E-state index is -1.09. The van der Waals surface area contributed by atoms with E-state index in [-0.39, 0.29) is 5.91 Å². The number of urea groups is 1. The van der Waals surface area contributed by atoms with Gasteiger partial charge >= 0.3 is 12.0 Å². The van der Waals surface area contributed by atoms with Crippen LogP contribution in [0.1, 0.15) is 34.1 Å². The Bertz CT molecular complexity index is 382. The van der Waals surface area contributed by atoms with Crippen molar-refractivity contribution in [1.82, 2.24) is 16.0 Å². The van der Waals surface area contributed by atoms with E-state index in [0.29, 0.717) is 12.2 Å². The molecule has 0 aromatic carbocycles. The molecule has 0 spiro atoms. The molecular formula is C13H25N3O4S. The molecule has 0 aromatic rings. The van der Waals surface area contributed by atoms with E-state index in [1.165, 1.54) is 11.8 Å². The molecule has 8 heteroatoms. The van der Waals surface area contributed by atoms with Crippen LogP contribution in [-0.2, 0) is 9.59 Å². The number of carbonyl (C=O) groups is 3. The maximum atomic E-state index is 11.8. The molecule has 0 saturated carbocycles. The van der Waals surface area contributed by atoms with Gasteiger partial charge in [-0.15, -0.1) is 0 Å². The van der Waals surface area contributed by atoms with Gasteiger partial charge < -0.3 is 21.1 Å². The molecule has 4 N–H and O–H groups in total. The van der Waals surface area contributed by atoms with E-state index in [1.54, 1.807) is 6.92 Å². The fourth-order valence-corrected chi connectivity index (χ4v) is 1.90. The summed E-state index contributed by atoms with van der Waals surface area (Å²) in [6, 6.07) is -2.38. The summed E-state index contributed by atoms with van der Waals surface area (Å²) < 4.78 is 0. The summed E-state index contributed by atoms with van der Waals surface area (Å²) in [4.78, 5) is 34.6. The van der Waals surface area contributed by atoms with Crippen LogP contribution < -0.4 is 16.0 Å². The average molecular weight is 319 g/mol. The Labute approximate surface area is 129 Å². The summed E-state index contributed by atoms with van der Waals surface area (Å²) in [5, 5.41) is 16.5. The van der Waals surface area contributed by atoms with E-state index in [4.69, 9.17) is 5.11 Å². The molecule has 0 aliphatic carbocycles. The van der Waals surface area contributed by atoms with Gasteiger partial charge in [0.2, 0.25) is 5.91 Å². The quantitative estimate of drug-likeness (QED) is 0.555. The highest BCUT2D eigenvalue weighted by atomic mass is 32.2. The third-order valence-electron chi connectivity index (χ3n) is 2.45. The lowest BCUT2D eigenvalue weighted by atomic mass is 10.1. The first-order chi connectivity index (χ1) is 9.56.